The number of nitrogens with two attached hydrogens (primary N) is 1. The van der Waals surface area contributed by atoms with Gasteiger partial charge in [0, 0.05) is 35.5 Å². The molecule has 3 heterocycles. The molecule has 0 bridgehead atoms. The number of carbonyl (C=O) groups is 2. The Labute approximate surface area is 177 Å². The number of nitrogens with zero attached hydrogens (tertiary/aromatic N) is 3. The van der Waals surface area contributed by atoms with Crippen molar-refractivity contribution >= 4 is 17.7 Å². The molecule has 1 fully saturated rings. The smallest absolute Gasteiger partial charge is 0.339 e. The molecule has 0 radical (unpaired) electrons. The molecule has 1 aliphatic heterocycles. The monoisotopic (exact) mass is 421 g/mol. The number of aromatic nitrogens is 3. The van der Waals surface area contributed by atoms with Crippen molar-refractivity contribution in [3.05, 3.63) is 65.7 Å². The third-order valence-electron chi connectivity index (χ3n) is 6.08. The molecule has 2 aromatic heterocycles. The van der Waals surface area contributed by atoms with Gasteiger partial charge >= 0.3 is 5.97 Å². The highest BCUT2D eigenvalue weighted by Gasteiger charge is 2.48. The van der Waals surface area contributed by atoms with E-state index in [2.05, 4.69) is 15.5 Å². The second-order valence-electron chi connectivity index (χ2n) is 7.93. The molecule has 158 valence electrons. The summed E-state index contributed by atoms with van der Waals surface area (Å²) in [5.41, 5.74) is 10.6. The zero-order valence-corrected chi connectivity index (χ0v) is 16.5. The molecule has 9 heteroatoms. The number of hydrogen-bond donors (Lipinski definition) is 2. The molecule has 31 heavy (non-hydrogen) atoms. The Hall–Kier alpha value is -3.75. The van der Waals surface area contributed by atoms with E-state index < -0.39 is 5.60 Å². The molecule has 1 aromatic carbocycles. The highest BCUT2D eigenvalue weighted by atomic mass is 19.1. The Morgan fingerprint density at radius 2 is 1.97 bits per heavy atom. The van der Waals surface area contributed by atoms with Crippen LogP contribution >= 0.6 is 0 Å². The number of benzene rings is 1. The molecular weight excluding hydrogens is 401 g/mol. The van der Waals surface area contributed by atoms with E-state index in [1.165, 1.54) is 16.9 Å². The average molecular weight is 421 g/mol. The van der Waals surface area contributed by atoms with Gasteiger partial charge in [-0.3, -0.25) is 9.78 Å². The molecule has 3 N–H and O–H groups in total. The summed E-state index contributed by atoms with van der Waals surface area (Å²) in [7, 11) is 0. The number of hydrogen-bond acceptors (Lipinski definition) is 6. The van der Waals surface area contributed by atoms with Crippen LogP contribution in [-0.4, -0.2) is 26.7 Å². The summed E-state index contributed by atoms with van der Waals surface area (Å²) >= 11 is 0. The number of nitrogen functional groups attached to an aromatic ring is 1. The first-order valence-corrected chi connectivity index (χ1v) is 10.1. The zero-order valence-electron chi connectivity index (χ0n) is 16.5. The highest BCUT2D eigenvalue weighted by Crippen LogP contribution is 2.47. The maximum absolute atomic E-state index is 13.1. The largest absolute Gasteiger partial charge is 0.450 e. The number of halogens is 1. The molecule has 1 saturated carbocycles. The number of fused-ring (bicyclic) bond motifs is 2. The number of carbonyl (C=O) groups excluding carboxylic acids is 2. The van der Waals surface area contributed by atoms with Gasteiger partial charge in [0.1, 0.15) is 17.2 Å². The SMILES string of the molecule is Nc1cc(-c2ccc(F)cc2)nn1NC(=O)[C@H]1CC[C@]2(CC1)OC(=O)c1ccncc12. The minimum Gasteiger partial charge on any atom is -0.450 e. The van der Waals surface area contributed by atoms with Gasteiger partial charge in [-0.05, 0) is 56.0 Å². The quantitative estimate of drug-likeness (QED) is 0.629. The lowest BCUT2D eigenvalue weighted by molar-refractivity contribution is -0.123. The van der Waals surface area contributed by atoms with Crippen molar-refractivity contribution in [3.63, 3.8) is 0 Å². The van der Waals surface area contributed by atoms with E-state index >= 15 is 0 Å². The van der Waals surface area contributed by atoms with E-state index in [1.807, 2.05) is 0 Å². The maximum atomic E-state index is 13.1. The van der Waals surface area contributed by atoms with Crippen molar-refractivity contribution < 1.29 is 18.7 Å². The summed E-state index contributed by atoms with van der Waals surface area (Å²) in [6, 6.07) is 9.16. The van der Waals surface area contributed by atoms with Gasteiger partial charge in [-0.1, -0.05) is 0 Å². The third-order valence-corrected chi connectivity index (χ3v) is 6.08. The van der Waals surface area contributed by atoms with E-state index in [0.717, 1.165) is 5.56 Å². The van der Waals surface area contributed by atoms with Gasteiger partial charge in [-0.2, -0.15) is 9.89 Å². The first-order chi connectivity index (χ1) is 14.9. The summed E-state index contributed by atoms with van der Waals surface area (Å²) in [5, 5.41) is 4.31. The minimum atomic E-state index is -0.696. The molecule has 1 amide bonds. The molecule has 1 aliphatic carbocycles. The van der Waals surface area contributed by atoms with Crippen molar-refractivity contribution in [2.45, 2.75) is 31.3 Å². The molecule has 1 spiro atoms. The van der Waals surface area contributed by atoms with E-state index in [-0.39, 0.29) is 29.4 Å². The normalized spacial score (nSPS) is 22.2. The Bertz CT molecular complexity index is 1170. The van der Waals surface area contributed by atoms with Gasteiger partial charge in [0.2, 0.25) is 5.91 Å². The number of nitrogens with one attached hydrogen (secondary N) is 1. The first-order valence-electron chi connectivity index (χ1n) is 10.1. The number of amides is 1. The van der Waals surface area contributed by atoms with Crippen molar-refractivity contribution in [1.82, 2.24) is 14.9 Å². The van der Waals surface area contributed by atoms with Crippen LogP contribution in [0.1, 0.15) is 41.6 Å². The van der Waals surface area contributed by atoms with E-state index in [0.29, 0.717) is 42.5 Å². The topological polar surface area (TPSA) is 112 Å². The number of ether oxygens (including phenoxy) is 1. The summed E-state index contributed by atoms with van der Waals surface area (Å²) in [6.45, 7) is 0. The standard InChI is InChI=1S/C22H20FN5O3/c23-15-3-1-13(2-4-15)18-11-19(24)28(26-18)27-20(29)14-5-8-22(9-6-14)17-12-25-10-7-16(17)21(30)31-22/h1-4,7,10-12,14H,5-6,8-9,24H2,(H,27,29)/t14-,22+. The van der Waals surface area contributed by atoms with E-state index in [4.69, 9.17) is 10.5 Å². The maximum Gasteiger partial charge on any atom is 0.339 e. The fourth-order valence-electron chi connectivity index (χ4n) is 4.38. The lowest BCUT2D eigenvalue weighted by Crippen LogP contribution is -2.38. The van der Waals surface area contributed by atoms with Gasteiger partial charge in [0.25, 0.3) is 0 Å². The lowest BCUT2D eigenvalue weighted by atomic mass is 9.75. The predicted octanol–water partition coefficient (Wildman–Crippen LogP) is 2.99. The van der Waals surface area contributed by atoms with Gasteiger partial charge in [-0.15, -0.1) is 0 Å². The summed E-state index contributed by atoms with van der Waals surface area (Å²) < 4.78 is 18.9. The van der Waals surface area contributed by atoms with Crippen LogP contribution in [0, 0.1) is 11.7 Å². The Morgan fingerprint density at radius 3 is 2.71 bits per heavy atom. The van der Waals surface area contributed by atoms with Crippen LogP contribution in [0.2, 0.25) is 0 Å². The number of pyridine rings is 1. The van der Waals surface area contributed by atoms with E-state index in [9.17, 15) is 14.0 Å². The zero-order chi connectivity index (χ0) is 21.6. The Kier molecular flexibility index (Phi) is 4.46. The summed E-state index contributed by atoms with van der Waals surface area (Å²) in [4.78, 5) is 30.4. The number of esters is 1. The van der Waals surface area contributed by atoms with Gasteiger partial charge in [-0.25, -0.2) is 14.6 Å². The second kappa shape index (κ2) is 7.19. The number of rotatable bonds is 3. The minimum absolute atomic E-state index is 0.203. The average Bonchev–Trinajstić information content (AvgIpc) is 3.27. The van der Waals surface area contributed by atoms with Crippen LogP contribution in [0.5, 0.6) is 0 Å². The van der Waals surface area contributed by atoms with Crippen LogP contribution in [0.25, 0.3) is 11.3 Å². The molecule has 0 atom stereocenters. The van der Waals surface area contributed by atoms with E-state index in [1.54, 1.807) is 36.7 Å². The number of anilines is 1. The van der Waals surface area contributed by atoms with Crippen LogP contribution in [0.4, 0.5) is 10.2 Å². The van der Waals surface area contributed by atoms with Gasteiger partial charge in [0.05, 0.1) is 11.3 Å². The molecular formula is C22H20FN5O3. The van der Waals surface area contributed by atoms with Crippen LogP contribution < -0.4 is 11.2 Å². The molecule has 3 aromatic rings. The van der Waals surface area contributed by atoms with Crippen molar-refractivity contribution in [3.8, 4) is 11.3 Å². The predicted molar refractivity (Wildman–Crippen MR) is 110 cm³/mol. The first kappa shape index (κ1) is 19.2. The summed E-state index contributed by atoms with van der Waals surface area (Å²) in [6.07, 6.45) is 5.46. The molecule has 0 unspecified atom stereocenters. The third kappa shape index (κ3) is 3.31. The van der Waals surface area contributed by atoms with Crippen molar-refractivity contribution in [1.29, 1.82) is 0 Å². The van der Waals surface area contributed by atoms with Gasteiger partial charge in [0.15, 0.2) is 0 Å². The Balaban J connectivity index is 1.27. The second-order valence-corrected chi connectivity index (χ2v) is 7.93. The molecule has 8 nitrogen and oxygen atoms in total. The Morgan fingerprint density at radius 1 is 1.23 bits per heavy atom. The van der Waals surface area contributed by atoms with Crippen LogP contribution in [-0.2, 0) is 15.1 Å². The van der Waals surface area contributed by atoms with Crippen molar-refractivity contribution in [2.75, 3.05) is 11.2 Å². The fraction of sp³-hybridized carbons (Fsp3) is 0.273. The van der Waals surface area contributed by atoms with Crippen LogP contribution in [0.3, 0.4) is 0 Å². The molecule has 0 saturated heterocycles. The highest BCUT2D eigenvalue weighted by molar-refractivity contribution is 5.94. The molecule has 5 rings (SSSR count). The lowest BCUT2D eigenvalue weighted by Gasteiger charge is -2.35. The van der Waals surface area contributed by atoms with Crippen molar-refractivity contribution in [2.24, 2.45) is 5.92 Å². The molecule has 2 aliphatic rings. The summed E-state index contributed by atoms with van der Waals surface area (Å²) in [5.74, 6) is -0.873. The van der Waals surface area contributed by atoms with Gasteiger partial charge < -0.3 is 10.5 Å². The fourth-order valence-corrected chi connectivity index (χ4v) is 4.38. The van der Waals surface area contributed by atoms with Crippen LogP contribution in [0.15, 0.2) is 48.8 Å².